The van der Waals surface area contributed by atoms with Crippen molar-refractivity contribution < 1.29 is 9.47 Å². The lowest BCUT2D eigenvalue weighted by atomic mass is 9.92. The summed E-state index contributed by atoms with van der Waals surface area (Å²) < 4.78 is 10.9. The smallest absolute Gasteiger partial charge is 0.119 e. The zero-order valence-electron chi connectivity index (χ0n) is 13.4. The average Bonchev–Trinajstić information content (AvgIpc) is 2.58. The summed E-state index contributed by atoms with van der Waals surface area (Å²) in [5, 5.41) is 0. The first kappa shape index (κ1) is 16.4. The van der Waals surface area contributed by atoms with Crippen LogP contribution in [0.4, 0.5) is 0 Å². The van der Waals surface area contributed by atoms with Crippen molar-refractivity contribution in [3.63, 3.8) is 0 Å². The van der Waals surface area contributed by atoms with Crippen LogP contribution in [0.1, 0.15) is 30.4 Å². The van der Waals surface area contributed by atoms with E-state index < -0.39 is 0 Å². The molecule has 3 nitrogen and oxygen atoms in total. The highest BCUT2D eigenvalue weighted by Crippen LogP contribution is 2.24. The normalized spacial score (nSPS) is 12.0. The van der Waals surface area contributed by atoms with Crippen molar-refractivity contribution in [2.24, 2.45) is 5.73 Å². The average molecular weight is 299 g/mol. The molecule has 2 rings (SSSR count). The summed E-state index contributed by atoms with van der Waals surface area (Å²) in [6, 6.07) is 16.4. The lowest BCUT2D eigenvalue weighted by molar-refractivity contribution is 0.317. The Kier molecular flexibility index (Phi) is 6.28. The van der Waals surface area contributed by atoms with Gasteiger partial charge in [0.25, 0.3) is 0 Å². The minimum atomic E-state index is 0.290. The molecule has 0 saturated carbocycles. The van der Waals surface area contributed by atoms with Crippen LogP contribution in [0, 0.1) is 0 Å². The van der Waals surface area contributed by atoms with Crippen LogP contribution in [0.25, 0.3) is 0 Å². The first-order valence-corrected chi connectivity index (χ1v) is 7.82. The van der Waals surface area contributed by atoms with Crippen LogP contribution >= 0.6 is 0 Å². The third-order valence-corrected chi connectivity index (χ3v) is 3.73. The molecule has 0 spiro atoms. The van der Waals surface area contributed by atoms with Gasteiger partial charge in [0.1, 0.15) is 11.5 Å². The van der Waals surface area contributed by atoms with Crippen molar-refractivity contribution in [2.75, 3.05) is 20.3 Å². The third-order valence-electron chi connectivity index (χ3n) is 3.73. The van der Waals surface area contributed by atoms with E-state index in [1.807, 2.05) is 24.3 Å². The molecule has 0 radical (unpaired) electrons. The Morgan fingerprint density at radius 1 is 1.05 bits per heavy atom. The van der Waals surface area contributed by atoms with Crippen molar-refractivity contribution >= 4 is 0 Å². The molecule has 0 bridgehead atoms. The minimum Gasteiger partial charge on any atom is -0.497 e. The number of benzene rings is 2. The van der Waals surface area contributed by atoms with E-state index in [-0.39, 0.29) is 0 Å². The van der Waals surface area contributed by atoms with E-state index in [2.05, 4.69) is 31.2 Å². The van der Waals surface area contributed by atoms with E-state index >= 15 is 0 Å². The lowest BCUT2D eigenvalue weighted by Gasteiger charge is -2.17. The maximum absolute atomic E-state index is 5.99. The van der Waals surface area contributed by atoms with E-state index in [9.17, 15) is 0 Å². The molecule has 0 fully saturated rings. The fourth-order valence-corrected chi connectivity index (χ4v) is 2.46. The van der Waals surface area contributed by atoms with Crippen LogP contribution in [-0.2, 0) is 6.42 Å². The summed E-state index contributed by atoms with van der Waals surface area (Å²) >= 11 is 0. The molecule has 0 aliphatic heterocycles. The Morgan fingerprint density at radius 3 is 2.45 bits per heavy atom. The van der Waals surface area contributed by atoms with Crippen molar-refractivity contribution in [1.82, 2.24) is 0 Å². The predicted molar refractivity (Wildman–Crippen MR) is 90.7 cm³/mol. The van der Waals surface area contributed by atoms with Crippen LogP contribution < -0.4 is 15.2 Å². The molecule has 3 heteroatoms. The Morgan fingerprint density at radius 2 is 1.82 bits per heavy atom. The van der Waals surface area contributed by atoms with Gasteiger partial charge in [0.15, 0.2) is 0 Å². The summed E-state index contributed by atoms with van der Waals surface area (Å²) in [6.45, 7) is 3.47. The standard InChI is InChI=1S/C19H25NO2/c1-3-11-22-19-6-4-5-16(13-19)17(14-20)12-15-7-9-18(21-2)10-8-15/h4-10,13,17H,3,11-12,14,20H2,1-2H3. The second-order valence-corrected chi connectivity index (χ2v) is 5.41. The molecular formula is C19H25NO2. The molecule has 1 atom stereocenters. The molecule has 0 heterocycles. The molecule has 118 valence electrons. The van der Waals surface area contributed by atoms with E-state index in [0.717, 1.165) is 30.9 Å². The summed E-state index contributed by atoms with van der Waals surface area (Å²) in [4.78, 5) is 0. The predicted octanol–water partition coefficient (Wildman–Crippen LogP) is 3.77. The van der Waals surface area contributed by atoms with Crippen LogP contribution in [0.2, 0.25) is 0 Å². The van der Waals surface area contributed by atoms with Crippen LogP contribution in [0.3, 0.4) is 0 Å². The molecular weight excluding hydrogens is 274 g/mol. The number of methoxy groups -OCH3 is 1. The SMILES string of the molecule is CCCOc1cccc(C(CN)Cc2ccc(OC)cc2)c1. The van der Waals surface area contributed by atoms with Crippen molar-refractivity contribution in [1.29, 1.82) is 0 Å². The van der Waals surface area contributed by atoms with Crippen molar-refractivity contribution in [2.45, 2.75) is 25.7 Å². The van der Waals surface area contributed by atoms with Gasteiger partial charge in [-0.2, -0.15) is 0 Å². The van der Waals surface area contributed by atoms with Gasteiger partial charge in [-0.1, -0.05) is 31.2 Å². The van der Waals surface area contributed by atoms with E-state index in [4.69, 9.17) is 15.2 Å². The number of hydrogen-bond acceptors (Lipinski definition) is 3. The first-order valence-electron chi connectivity index (χ1n) is 7.82. The van der Waals surface area contributed by atoms with Crippen LogP contribution in [-0.4, -0.2) is 20.3 Å². The first-order chi connectivity index (χ1) is 10.8. The van der Waals surface area contributed by atoms with Gasteiger partial charge < -0.3 is 15.2 Å². The molecule has 0 saturated heterocycles. The van der Waals surface area contributed by atoms with E-state index in [0.29, 0.717) is 12.5 Å². The fourth-order valence-electron chi connectivity index (χ4n) is 2.46. The number of hydrogen-bond donors (Lipinski definition) is 1. The number of rotatable bonds is 8. The summed E-state index contributed by atoms with van der Waals surface area (Å²) in [5.74, 6) is 2.09. The molecule has 0 aliphatic carbocycles. The Balaban J connectivity index is 2.09. The van der Waals surface area contributed by atoms with Gasteiger partial charge in [0, 0.05) is 5.92 Å². The summed E-state index contributed by atoms with van der Waals surface area (Å²) in [7, 11) is 1.68. The lowest BCUT2D eigenvalue weighted by Crippen LogP contribution is -2.15. The third kappa shape index (κ3) is 4.50. The zero-order valence-corrected chi connectivity index (χ0v) is 13.4. The van der Waals surface area contributed by atoms with Crippen molar-refractivity contribution in [3.8, 4) is 11.5 Å². The quantitative estimate of drug-likeness (QED) is 0.807. The minimum absolute atomic E-state index is 0.290. The van der Waals surface area contributed by atoms with E-state index in [1.165, 1.54) is 11.1 Å². The van der Waals surface area contributed by atoms with Gasteiger partial charge in [-0.05, 0) is 54.8 Å². The monoisotopic (exact) mass is 299 g/mol. The van der Waals surface area contributed by atoms with Gasteiger partial charge >= 0.3 is 0 Å². The molecule has 2 N–H and O–H groups in total. The summed E-state index contributed by atoms with van der Waals surface area (Å²) in [5.41, 5.74) is 8.48. The maximum Gasteiger partial charge on any atom is 0.119 e. The van der Waals surface area contributed by atoms with Crippen LogP contribution in [0.15, 0.2) is 48.5 Å². The molecule has 2 aromatic carbocycles. The van der Waals surface area contributed by atoms with Gasteiger partial charge in [-0.25, -0.2) is 0 Å². The highest BCUT2D eigenvalue weighted by atomic mass is 16.5. The topological polar surface area (TPSA) is 44.5 Å². The molecule has 1 unspecified atom stereocenters. The van der Waals surface area contributed by atoms with Gasteiger partial charge in [-0.3, -0.25) is 0 Å². The van der Waals surface area contributed by atoms with Crippen LogP contribution in [0.5, 0.6) is 11.5 Å². The van der Waals surface area contributed by atoms with Crippen molar-refractivity contribution in [3.05, 3.63) is 59.7 Å². The zero-order chi connectivity index (χ0) is 15.8. The Bertz CT molecular complexity index is 566. The maximum atomic E-state index is 5.99. The molecule has 2 aromatic rings. The van der Waals surface area contributed by atoms with Gasteiger partial charge in [-0.15, -0.1) is 0 Å². The second kappa shape index (κ2) is 8.44. The summed E-state index contributed by atoms with van der Waals surface area (Å²) in [6.07, 6.45) is 1.92. The Hall–Kier alpha value is -2.00. The van der Waals surface area contributed by atoms with Gasteiger partial charge in [0.05, 0.1) is 13.7 Å². The molecule has 22 heavy (non-hydrogen) atoms. The second-order valence-electron chi connectivity index (χ2n) is 5.41. The number of ether oxygens (including phenoxy) is 2. The Labute approximate surface area is 133 Å². The van der Waals surface area contributed by atoms with E-state index in [1.54, 1.807) is 7.11 Å². The highest BCUT2D eigenvalue weighted by Gasteiger charge is 2.12. The highest BCUT2D eigenvalue weighted by molar-refractivity contribution is 5.33. The molecule has 0 aliphatic rings. The number of nitrogens with two attached hydrogens (primary N) is 1. The molecule has 0 amide bonds. The fraction of sp³-hybridized carbons (Fsp3) is 0.368. The largest absolute Gasteiger partial charge is 0.497 e. The molecule has 0 aromatic heterocycles. The van der Waals surface area contributed by atoms with Gasteiger partial charge in [0.2, 0.25) is 0 Å².